The zero-order valence-corrected chi connectivity index (χ0v) is 14.2. The van der Waals surface area contributed by atoms with E-state index >= 15 is 0 Å². The lowest BCUT2D eigenvalue weighted by Gasteiger charge is -2.17. The van der Waals surface area contributed by atoms with Gasteiger partial charge in [0.25, 0.3) is 0 Å². The molecule has 0 heterocycles. The fourth-order valence-electron chi connectivity index (χ4n) is 1.53. The van der Waals surface area contributed by atoms with Gasteiger partial charge in [-0.2, -0.15) is 0 Å². The largest absolute Gasteiger partial charge is 0.461 e. The van der Waals surface area contributed by atoms with Crippen molar-refractivity contribution < 1.29 is 4.12 Å². The van der Waals surface area contributed by atoms with Crippen LogP contribution < -0.4 is 5.32 Å². The summed E-state index contributed by atoms with van der Waals surface area (Å²) < 4.78 is 5.94. The zero-order valence-electron chi connectivity index (χ0n) is 11.8. The molecule has 0 bridgehead atoms. The molecule has 0 aromatic rings. The van der Waals surface area contributed by atoms with Crippen LogP contribution in [0.25, 0.3) is 0 Å². The molecule has 0 aliphatic heterocycles. The maximum atomic E-state index is 5.94. The zero-order chi connectivity index (χ0) is 12.3. The molecule has 2 nitrogen and oxygen atoms in total. The molecule has 18 heavy (non-hydrogen) atoms. The Labute approximate surface area is 120 Å². The van der Waals surface area contributed by atoms with Crippen molar-refractivity contribution in [2.75, 3.05) is 13.1 Å². The molecule has 0 fully saturated rings. The van der Waals surface area contributed by atoms with Crippen LogP contribution in [0.4, 0.5) is 0 Å². The van der Waals surface area contributed by atoms with Crippen molar-refractivity contribution in [3.63, 3.8) is 0 Å². The summed E-state index contributed by atoms with van der Waals surface area (Å²) in [7, 11) is -1.42. The van der Waals surface area contributed by atoms with Gasteiger partial charge in [-0.15, -0.1) is 0 Å². The monoisotopic (exact) mass is 293 g/mol. The van der Waals surface area contributed by atoms with Gasteiger partial charge in [-0.3, -0.25) is 0 Å². The highest BCUT2D eigenvalue weighted by Crippen LogP contribution is 2.02. The van der Waals surface area contributed by atoms with E-state index in [4.69, 9.17) is 4.12 Å². The Balaban J connectivity index is -0.00000112. The third-order valence-corrected chi connectivity index (χ3v) is 7.56. The lowest BCUT2D eigenvalue weighted by molar-refractivity contribution is 0.573. The SMILES string of the molecule is C.C.CCCCCCNCCC[SiH2]O[Si](C)(C)C. The van der Waals surface area contributed by atoms with Crippen LogP contribution >= 0.6 is 0 Å². The van der Waals surface area contributed by atoms with Gasteiger partial charge in [0.1, 0.15) is 9.76 Å². The van der Waals surface area contributed by atoms with E-state index in [2.05, 4.69) is 31.9 Å². The fraction of sp³-hybridized carbons (Fsp3) is 1.00. The van der Waals surface area contributed by atoms with Crippen LogP contribution in [0.1, 0.15) is 53.9 Å². The van der Waals surface area contributed by atoms with Crippen LogP contribution in [0.15, 0.2) is 0 Å². The van der Waals surface area contributed by atoms with E-state index in [1.54, 1.807) is 0 Å². The molecule has 0 amide bonds. The number of hydrogen-bond donors (Lipinski definition) is 1. The summed E-state index contributed by atoms with van der Waals surface area (Å²) in [5.74, 6) is 0. The molecule has 0 aromatic heterocycles. The van der Waals surface area contributed by atoms with Crippen molar-refractivity contribution in [3.05, 3.63) is 0 Å². The van der Waals surface area contributed by atoms with Crippen LogP contribution in [0.5, 0.6) is 0 Å². The Bertz CT molecular complexity index is 149. The number of hydrogen-bond acceptors (Lipinski definition) is 2. The van der Waals surface area contributed by atoms with Gasteiger partial charge in [-0.05, 0) is 51.6 Å². The first kappa shape index (κ1) is 23.4. The molecular formula is C14H39NOSi2. The van der Waals surface area contributed by atoms with E-state index in [0.29, 0.717) is 0 Å². The van der Waals surface area contributed by atoms with Gasteiger partial charge >= 0.3 is 0 Å². The minimum atomic E-state index is -1.21. The molecule has 0 saturated heterocycles. The van der Waals surface area contributed by atoms with Crippen LogP contribution in [0, 0.1) is 0 Å². The standard InChI is InChI=1S/C12H31NOSi2.2CH4/c1-5-6-7-8-10-13-11-9-12-15-14-16(2,3)4;;/h13H,5-12,15H2,1-4H3;2*1H4. The van der Waals surface area contributed by atoms with Crippen LogP contribution in [0.3, 0.4) is 0 Å². The first-order chi connectivity index (χ1) is 7.56. The normalized spacial score (nSPS) is 11.3. The maximum absolute atomic E-state index is 5.94. The first-order valence-electron chi connectivity index (χ1n) is 6.91. The lowest BCUT2D eigenvalue weighted by atomic mass is 10.2. The van der Waals surface area contributed by atoms with E-state index in [1.807, 2.05) is 0 Å². The highest BCUT2D eigenvalue weighted by atomic mass is 28.4. The van der Waals surface area contributed by atoms with E-state index in [0.717, 1.165) is 0 Å². The summed E-state index contributed by atoms with van der Waals surface area (Å²) in [6, 6.07) is 1.34. The average molecular weight is 294 g/mol. The quantitative estimate of drug-likeness (QED) is 0.456. The Hall–Kier alpha value is 0.354. The molecule has 0 aromatic carbocycles. The number of rotatable bonds is 11. The van der Waals surface area contributed by atoms with Crippen LogP contribution in [-0.4, -0.2) is 31.2 Å². The van der Waals surface area contributed by atoms with Crippen molar-refractivity contribution in [1.29, 1.82) is 0 Å². The van der Waals surface area contributed by atoms with E-state index in [-0.39, 0.29) is 24.6 Å². The lowest BCUT2D eigenvalue weighted by Crippen LogP contribution is -2.27. The summed E-state index contributed by atoms with van der Waals surface area (Å²) >= 11 is 0. The molecular weight excluding hydrogens is 254 g/mol. The Morgan fingerprint density at radius 1 is 0.944 bits per heavy atom. The first-order valence-corrected chi connectivity index (χ1v) is 11.9. The topological polar surface area (TPSA) is 21.3 Å². The van der Waals surface area contributed by atoms with Gasteiger partial charge in [0, 0.05) is 0 Å². The predicted octanol–water partition coefficient (Wildman–Crippen LogP) is 4.17. The van der Waals surface area contributed by atoms with Gasteiger partial charge in [0.15, 0.2) is 8.32 Å². The third-order valence-electron chi connectivity index (χ3n) is 2.49. The van der Waals surface area contributed by atoms with Gasteiger partial charge in [0.05, 0.1) is 0 Å². The molecule has 0 aliphatic rings. The maximum Gasteiger partial charge on any atom is 0.169 e. The average Bonchev–Trinajstić information content (AvgIpc) is 2.19. The van der Waals surface area contributed by atoms with Crippen molar-refractivity contribution >= 4 is 18.1 Å². The van der Waals surface area contributed by atoms with E-state index in [9.17, 15) is 0 Å². The fourth-order valence-corrected chi connectivity index (χ4v) is 5.01. The van der Waals surface area contributed by atoms with E-state index < -0.39 is 8.32 Å². The Kier molecular flexibility index (Phi) is 20.1. The molecule has 0 saturated carbocycles. The van der Waals surface area contributed by atoms with Crippen LogP contribution in [-0.2, 0) is 4.12 Å². The summed E-state index contributed by atoms with van der Waals surface area (Å²) in [5, 5.41) is 3.52. The molecule has 0 rings (SSSR count). The second-order valence-corrected chi connectivity index (χ2v) is 12.0. The minimum Gasteiger partial charge on any atom is -0.461 e. The van der Waals surface area contributed by atoms with Gasteiger partial charge in [-0.1, -0.05) is 41.0 Å². The van der Waals surface area contributed by atoms with Crippen molar-refractivity contribution in [2.45, 2.75) is 79.6 Å². The van der Waals surface area contributed by atoms with E-state index in [1.165, 1.54) is 51.2 Å². The van der Waals surface area contributed by atoms with Crippen LogP contribution in [0.2, 0.25) is 25.7 Å². The number of unbranched alkanes of at least 4 members (excludes halogenated alkanes) is 3. The highest BCUT2D eigenvalue weighted by molar-refractivity contribution is 6.73. The molecule has 1 N–H and O–H groups in total. The minimum absolute atomic E-state index is 0. The highest BCUT2D eigenvalue weighted by Gasteiger charge is 2.12. The molecule has 0 radical (unpaired) electrons. The van der Waals surface area contributed by atoms with Crippen molar-refractivity contribution in [2.24, 2.45) is 0 Å². The number of nitrogens with one attached hydrogen (secondary N) is 1. The molecule has 0 unspecified atom stereocenters. The molecule has 0 atom stereocenters. The summed E-state index contributed by atoms with van der Waals surface area (Å²) in [4.78, 5) is 0. The van der Waals surface area contributed by atoms with Gasteiger partial charge < -0.3 is 9.43 Å². The molecule has 114 valence electrons. The molecule has 0 aliphatic carbocycles. The van der Waals surface area contributed by atoms with Gasteiger partial charge in [-0.25, -0.2) is 0 Å². The Morgan fingerprint density at radius 2 is 1.56 bits per heavy atom. The van der Waals surface area contributed by atoms with Gasteiger partial charge in [0.2, 0.25) is 0 Å². The summed E-state index contributed by atoms with van der Waals surface area (Å²) in [6.07, 6.45) is 6.76. The Morgan fingerprint density at radius 3 is 2.11 bits per heavy atom. The van der Waals surface area contributed by atoms with Crippen molar-refractivity contribution in [3.8, 4) is 0 Å². The third kappa shape index (κ3) is 21.6. The molecule has 4 heteroatoms. The second-order valence-electron chi connectivity index (χ2n) is 5.48. The summed E-state index contributed by atoms with van der Waals surface area (Å²) in [5.41, 5.74) is 0. The summed E-state index contributed by atoms with van der Waals surface area (Å²) in [6.45, 7) is 11.5. The molecule has 0 spiro atoms. The predicted molar refractivity (Wildman–Crippen MR) is 92.9 cm³/mol. The van der Waals surface area contributed by atoms with Crippen molar-refractivity contribution in [1.82, 2.24) is 5.32 Å². The second kappa shape index (κ2) is 15.4. The smallest absolute Gasteiger partial charge is 0.169 e.